The number of hydrogen-bond acceptors (Lipinski definition) is 5. The maximum absolute atomic E-state index is 10.9. The third-order valence-corrected chi connectivity index (χ3v) is 3.48. The lowest BCUT2D eigenvalue weighted by Gasteiger charge is -2.31. The van der Waals surface area contributed by atoms with E-state index in [2.05, 4.69) is 0 Å². The van der Waals surface area contributed by atoms with Crippen LogP contribution in [0, 0.1) is 0 Å². The summed E-state index contributed by atoms with van der Waals surface area (Å²) in [4.78, 5) is 12.3. The number of rotatable bonds is 4. The molecule has 1 aliphatic rings. The highest BCUT2D eigenvalue weighted by molar-refractivity contribution is 5.65. The second-order valence-electron chi connectivity index (χ2n) is 4.84. The Morgan fingerprint density at radius 3 is 2.19 bits per heavy atom. The van der Waals surface area contributed by atoms with E-state index in [1.54, 1.807) is 12.1 Å². The van der Waals surface area contributed by atoms with E-state index in [1.807, 2.05) is 0 Å². The molecule has 2 rings (SSSR count). The predicted molar refractivity (Wildman–Crippen MR) is 77.2 cm³/mol. The van der Waals surface area contributed by atoms with Gasteiger partial charge in [-0.25, -0.2) is 4.79 Å². The zero-order valence-electron chi connectivity index (χ0n) is 12.2. The highest BCUT2D eigenvalue weighted by Gasteiger charge is 2.25. The molecule has 0 saturated carbocycles. The Hall–Kier alpha value is -2.31. The number of carbonyl (C=O) groups is 1. The molecule has 1 aromatic rings. The Morgan fingerprint density at radius 2 is 1.76 bits per heavy atom. The smallest absolute Gasteiger partial charge is 0.407 e. The van der Waals surface area contributed by atoms with Gasteiger partial charge in [-0.3, -0.25) is 0 Å². The van der Waals surface area contributed by atoms with Crippen LogP contribution in [0.2, 0.25) is 0 Å². The molecule has 1 heterocycles. The number of amides is 1. The van der Waals surface area contributed by atoms with Gasteiger partial charge in [0.2, 0.25) is 5.75 Å². The van der Waals surface area contributed by atoms with Crippen molar-refractivity contribution in [2.24, 2.45) is 0 Å². The second-order valence-corrected chi connectivity index (χ2v) is 4.84. The van der Waals surface area contributed by atoms with Crippen molar-refractivity contribution in [3.05, 3.63) is 12.1 Å². The van der Waals surface area contributed by atoms with Crippen molar-refractivity contribution in [3.8, 4) is 17.2 Å². The fourth-order valence-corrected chi connectivity index (χ4v) is 2.35. The van der Waals surface area contributed by atoms with Crippen LogP contribution < -0.4 is 19.9 Å². The van der Waals surface area contributed by atoms with Gasteiger partial charge in [-0.2, -0.15) is 0 Å². The minimum absolute atomic E-state index is 0.0768. The molecule has 1 aromatic carbocycles. The monoisotopic (exact) mass is 296 g/mol. The summed E-state index contributed by atoms with van der Waals surface area (Å²) in [5, 5.41) is 8.94. The standard InChI is InChI=1S/C14H20N2O5/c1-19-11-7-9(15)8-12(20-2)13(11)21-10-3-5-16(6-4-10)14(17)18/h7-8,10H,3-6,15H2,1-2H3,(H,17,18). The lowest BCUT2D eigenvalue weighted by atomic mass is 10.1. The average molecular weight is 296 g/mol. The number of anilines is 1. The quantitative estimate of drug-likeness (QED) is 0.823. The van der Waals surface area contributed by atoms with E-state index < -0.39 is 6.09 Å². The topological polar surface area (TPSA) is 94.3 Å². The summed E-state index contributed by atoms with van der Waals surface area (Å²) in [6, 6.07) is 3.34. The fourth-order valence-electron chi connectivity index (χ4n) is 2.35. The molecular formula is C14H20N2O5. The lowest BCUT2D eigenvalue weighted by Crippen LogP contribution is -2.41. The molecule has 7 nitrogen and oxygen atoms in total. The molecule has 0 bridgehead atoms. The summed E-state index contributed by atoms with van der Waals surface area (Å²) in [5.41, 5.74) is 6.30. The lowest BCUT2D eigenvalue weighted by molar-refractivity contribution is 0.0860. The first-order valence-electron chi connectivity index (χ1n) is 6.71. The van der Waals surface area contributed by atoms with Crippen molar-refractivity contribution in [1.29, 1.82) is 0 Å². The maximum Gasteiger partial charge on any atom is 0.407 e. The number of nitrogens with zero attached hydrogens (tertiary/aromatic N) is 1. The molecule has 3 N–H and O–H groups in total. The van der Waals surface area contributed by atoms with Gasteiger partial charge in [0.15, 0.2) is 11.5 Å². The van der Waals surface area contributed by atoms with Gasteiger partial charge in [0, 0.05) is 43.8 Å². The molecular weight excluding hydrogens is 276 g/mol. The number of carboxylic acid groups (broad SMARTS) is 1. The minimum atomic E-state index is -0.893. The van der Waals surface area contributed by atoms with Crippen molar-refractivity contribution < 1.29 is 24.1 Å². The zero-order valence-corrected chi connectivity index (χ0v) is 12.2. The van der Waals surface area contributed by atoms with Crippen molar-refractivity contribution in [1.82, 2.24) is 4.90 Å². The van der Waals surface area contributed by atoms with E-state index in [0.717, 1.165) is 0 Å². The van der Waals surface area contributed by atoms with E-state index in [-0.39, 0.29) is 6.10 Å². The summed E-state index contributed by atoms with van der Waals surface area (Å²) in [5.74, 6) is 1.52. The third-order valence-electron chi connectivity index (χ3n) is 3.48. The molecule has 7 heteroatoms. The molecule has 116 valence electrons. The number of likely N-dealkylation sites (tertiary alicyclic amines) is 1. The number of nitrogen functional groups attached to an aromatic ring is 1. The molecule has 1 aliphatic heterocycles. The molecule has 1 amide bonds. The van der Waals surface area contributed by atoms with Gasteiger partial charge in [0.25, 0.3) is 0 Å². The zero-order chi connectivity index (χ0) is 15.4. The minimum Gasteiger partial charge on any atom is -0.493 e. The van der Waals surface area contributed by atoms with Gasteiger partial charge >= 0.3 is 6.09 Å². The largest absolute Gasteiger partial charge is 0.493 e. The van der Waals surface area contributed by atoms with Gasteiger partial charge < -0.3 is 30.0 Å². The van der Waals surface area contributed by atoms with Gasteiger partial charge in [-0.05, 0) is 0 Å². The van der Waals surface area contributed by atoms with Crippen molar-refractivity contribution in [3.63, 3.8) is 0 Å². The van der Waals surface area contributed by atoms with Crippen molar-refractivity contribution >= 4 is 11.8 Å². The predicted octanol–water partition coefficient (Wildman–Crippen LogP) is 1.81. The Morgan fingerprint density at radius 1 is 1.24 bits per heavy atom. The van der Waals surface area contributed by atoms with Crippen LogP contribution in [0.1, 0.15) is 12.8 Å². The number of methoxy groups -OCH3 is 2. The van der Waals surface area contributed by atoms with Crippen molar-refractivity contribution in [2.45, 2.75) is 18.9 Å². The second kappa shape index (κ2) is 6.43. The van der Waals surface area contributed by atoms with Crippen molar-refractivity contribution in [2.75, 3.05) is 33.0 Å². The van der Waals surface area contributed by atoms with E-state index >= 15 is 0 Å². The van der Waals surface area contributed by atoms with E-state index in [0.29, 0.717) is 48.9 Å². The highest BCUT2D eigenvalue weighted by Crippen LogP contribution is 2.40. The summed E-state index contributed by atoms with van der Waals surface area (Å²) >= 11 is 0. The Balaban J connectivity index is 2.11. The number of ether oxygens (including phenoxy) is 3. The number of nitrogens with two attached hydrogens (primary N) is 1. The summed E-state index contributed by atoms with van der Waals surface area (Å²) in [6.07, 6.45) is 0.287. The number of piperidine rings is 1. The van der Waals surface area contributed by atoms with Crippen LogP contribution in [0.4, 0.5) is 10.5 Å². The fraction of sp³-hybridized carbons (Fsp3) is 0.500. The third kappa shape index (κ3) is 3.42. The number of hydrogen-bond donors (Lipinski definition) is 2. The number of benzene rings is 1. The highest BCUT2D eigenvalue weighted by atomic mass is 16.5. The Bertz CT molecular complexity index is 487. The Labute approximate surface area is 123 Å². The molecule has 0 atom stereocenters. The van der Waals surface area contributed by atoms with Gasteiger partial charge in [-0.15, -0.1) is 0 Å². The molecule has 1 fully saturated rings. The van der Waals surface area contributed by atoms with Gasteiger partial charge in [0.05, 0.1) is 14.2 Å². The van der Waals surface area contributed by atoms with Crippen LogP contribution in [0.25, 0.3) is 0 Å². The first kappa shape index (κ1) is 15.1. The molecule has 0 aromatic heterocycles. The first-order chi connectivity index (χ1) is 10.0. The normalized spacial score (nSPS) is 15.6. The van der Waals surface area contributed by atoms with Crippen LogP contribution in [0.3, 0.4) is 0 Å². The van der Waals surface area contributed by atoms with Crippen LogP contribution in [0.5, 0.6) is 17.2 Å². The molecule has 0 unspecified atom stereocenters. The summed E-state index contributed by atoms with van der Waals surface area (Å²) in [7, 11) is 3.07. The van der Waals surface area contributed by atoms with Crippen LogP contribution in [-0.4, -0.2) is 49.5 Å². The SMILES string of the molecule is COc1cc(N)cc(OC)c1OC1CCN(C(=O)O)CC1. The average Bonchev–Trinajstić information content (AvgIpc) is 2.48. The Kier molecular flexibility index (Phi) is 4.62. The molecule has 1 saturated heterocycles. The first-order valence-corrected chi connectivity index (χ1v) is 6.71. The van der Waals surface area contributed by atoms with Gasteiger partial charge in [-0.1, -0.05) is 0 Å². The summed E-state index contributed by atoms with van der Waals surface area (Å²) < 4.78 is 16.5. The van der Waals surface area contributed by atoms with E-state index in [4.69, 9.17) is 25.1 Å². The van der Waals surface area contributed by atoms with Crippen LogP contribution in [-0.2, 0) is 0 Å². The van der Waals surface area contributed by atoms with E-state index in [1.165, 1.54) is 19.1 Å². The van der Waals surface area contributed by atoms with Crippen LogP contribution >= 0.6 is 0 Å². The molecule has 21 heavy (non-hydrogen) atoms. The molecule has 0 aliphatic carbocycles. The van der Waals surface area contributed by atoms with Crippen LogP contribution in [0.15, 0.2) is 12.1 Å². The maximum atomic E-state index is 10.9. The summed E-state index contributed by atoms with van der Waals surface area (Å²) in [6.45, 7) is 0.916. The molecule has 0 spiro atoms. The van der Waals surface area contributed by atoms with E-state index in [9.17, 15) is 4.79 Å². The van der Waals surface area contributed by atoms with Gasteiger partial charge in [0.1, 0.15) is 6.10 Å². The molecule has 0 radical (unpaired) electrons.